The predicted octanol–water partition coefficient (Wildman–Crippen LogP) is 5.97. The minimum atomic E-state index is -1.50. The van der Waals surface area contributed by atoms with Gasteiger partial charge < -0.3 is 0 Å². The van der Waals surface area contributed by atoms with Crippen molar-refractivity contribution in [1.29, 1.82) is 0 Å². The number of unbranched alkanes of at least 4 members (excludes halogenated alkanes) is 2. The zero-order chi connectivity index (χ0) is 20.3. The van der Waals surface area contributed by atoms with E-state index in [9.17, 15) is 17.6 Å². The van der Waals surface area contributed by atoms with Gasteiger partial charge in [-0.15, -0.1) is 20.4 Å². The van der Waals surface area contributed by atoms with Crippen LogP contribution in [0.4, 0.5) is 17.6 Å². The fourth-order valence-corrected chi connectivity index (χ4v) is 4.40. The topological polar surface area (TPSA) is 51.6 Å². The van der Waals surface area contributed by atoms with E-state index in [4.69, 9.17) is 0 Å². The first-order chi connectivity index (χ1) is 13.5. The summed E-state index contributed by atoms with van der Waals surface area (Å²) in [5.41, 5.74) is -1.68. The maximum absolute atomic E-state index is 14.7. The van der Waals surface area contributed by atoms with E-state index in [1.807, 2.05) is 13.8 Å². The van der Waals surface area contributed by atoms with Gasteiger partial charge in [-0.1, -0.05) is 49.4 Å². The van der Waals surface area contributed by atoms with Crippen LogP contribution in [0.3, 0.4) is 0 Å². The Hall–Kier alpha value is -1.94. The van der Waals surface area contributed by atoms with Crippen molar-refractivity contribution < 1.29 is 17.6 Å². The van der Waals surface area contributed by atoms with Crippen LogP contribution in [0, 0.1) is 23.3 Å². The number of nitrogens with zero attached hydrogens (tertiary/aromatic N) is 4. The molecule has 0 aliphatic carbocycles. The Labute approximate surface area is 167 Å². The van der Waals surface area contributed by atoms with Crippen molar-refractivity contribution in [2.45, 2.75) is 52.4 Å². The minimum Gasteiger partial charge on any atom is -0.203 e. The van der Waals surface area contributed by atoms with Gasteiger partial charge in [-0.3, -0.25) is 0 Å². The van der Waals surface area contributed by atoms with Gasteiger partial charge in [-0.25, -0.2) is 17.6 Å². The molecule has 0 fully saturated rings. The summed E-state index contributed by atoms with van der Waals surface area (Å²) in [5.74, 6) is -6.01. The molecule has 0 spiro atoms. The fourth-order valence-electron chi connectivity index (χ4n) is 2.57. The van der Waals surface area contributed by atoms with Gasteiger partial charge in [-0.05, 0) is 12.8 Å². The zero-order valence-electron chi connectivity index (χ0n) is 15.4. The van der Waals surface area contributed by atoms with E-state index >= 15 is 0 Å². The highest BCUT2D eigenvalue weighted by atomic mass is 32.1. The molecule has 0 saturated heterocycles. The van der Waals surface area contributed by atoms with Crippen LogP contribution in [0.1, 0.15) is 49.5 Å². The molecule has 0 saturated carbocycles. The molecule has 2 heterocycles. The van der Waals surface area contributed by atoms with Crippen molar-refractivity contribution in [3.8, 4) is 21.1 Å². The fraction of sp³-hybridized carbons (Fsp3) is 0.444. The monoisotopic (exact) mass is 430 g/mol. The Balaban J connectivity index is 2.02. The van der Waals surface area contributed by atoms with E-state index in [1.54, 1.807) is 0 Å². The van der Waals surface area contributed by atoms with Gasteiger partial charge in [0.05, 0.1) is 11.1 Å². The molecule has 0 aliphatic rings. The summed E-state index contributed by atoms with van der Waals surface area (Å²) >= 11 is 1.85. The van der Waals surface area contributed by atoms with Crippen LogP contribution in [0.15, 0.2) is 0 Å². The van der Waals surface area contributed by atoms with Gasteiger partial charge in [0, 0.05) is 12.8 Å². The molecule has 0 unspecified atom stereocenters. The molecular formula is C18H18F4N4S2. The number of aryl methyl sites for hydroxylation is 2. The maximum atomic E-state index is 14.7. The van der Waals surface area contributed by atoms with Crippen LogP contribution in [0.25, 0.3) is 21.1 Å². The number of rotatable bonds is 8. The Bertz CT molecular complexity index is 864. The Morgan fingerprint density at radius 1 is 0.607 bits per heavy atom. The van der Waals surface area contributed by atoms with Gasteiger partial charge in [0.15, 0.2) is 33.3 Å². The highest BCUT2D eigenvalue weighted by Gasteiger charge is 2.30. The molecular weight excluding hydrogens is 412 g/mol. The lowest BCUT2D eigenvalue weighted by Gasteiger charge is -2.08. The van der Waals surface area contributed by atoms with E-state index in [2.05, 4.69) is 20.4 Å². The second-order valence-electron chi connectivity index (χ2n) is 6.21. The SMILES string of the molecule is CCCCc1nnc(-c2c(F)c(F)c(-c3nnc(CCCC)s3)c(F)c2F)s1. The molecule has 0 amide bonds. The van der Waals surface area contributed by atoms with Gasteiger partial charge in [0.2, 0.25) is 0 Å². The second-order valence-corrected chi connectivity index (χ2v) is 8.34. The maximum Gasteiger partial charge on any atom is 0.173 e. The third kappa shape index (κ3) is 4.07. The Morgan fingerprint density at radius 3 is 1.29 bits per heavy atom. The van der Waals surface area contributed by atoms with Crippen molar-refractivity contribution in [2.75, 3.05) is 0 Å². The van der Waals surface area contributed by atoms with Crippen molar-refractivity contribution in [2.24, 2.45) is 0 Å². The van der Waals surface area contributed by atoms with E-state index in [1.165, 1.54) is 0 Å². The van der Waals surface area contributed by atoms with E-state index in [0.29, 0.717) is 22.9 Å². The molecule has 0 radical (unpaired) electrons. The van der Waals surface area contributed by atoms with Gasteiger partial charge in [-0.2, -0.15) is 0 Å². The molecule has 10 heteroatoms. The first kappa shape index (κ1) is 20.8. The molecule has 0 N–H and O–H groups in total. The molecule has 1 aromatic carbocycles. The zero-order valence-corrected chi connectivity index (χ0v) is 17.0. The summed E-state index contributed by atoms with van der Waals surface area (Å²) in [4.78, 5) is 0. The van der Waals surface area contributed by atoms with Crippen molar-refractivity contribution >= 4 is 22.7 Å². The number of hydrogen-bond acceptors (Lipinski definition) is 6. The molecule has 0 atom stereocenters. The van der Waals surface area contributed by atoms with Crippen LogP contribution in [-0.4, -0.2) is 20.4 Å². The van der Waals surface area contributed by atoms with Crippen LogP contribution in [-0.2, 0) is 12.8 Å². The lowest BCUT2D eigenvalue weighted by molar-refractivity contribution is 0.462. The predicted molar refractivity (Wildman–Crippen MR) is 101 cm³/mol. The molecule has 3 aromatic rings. The summed E-state index contributed by atoms with van der Waals surface area (Å²) in [6, 6.07) is 0. The van der Waals surface area contributed by atoms with E-state index in [0.717, 1.165) is 48.4 Å². The summed E-state index contributed by atoms with van der Waals surface area (Å²) in [6.07, 6.45) is 4.67. The number of aromatic nitrogens is 4. The van der Waals surface area contributed by atoms with E-state index < -0.39 is 34.4 Å². The quantitative estimate of drug-likeness (QED) is 0.327. The highest BCUT2D eigenvalue weighted by molar-refractivity contribution is 7.15. The first-order valence-corrected chi connectivity index (χ1v) is 10.6. The van der Waals surface area contributed by atoms with Gasteiger partial charge in [0.1, 0.15) is 10.0 Å². The van der Waals surface area contributed by atoms with Crippen molar-refractivity contribution in [3.05, 3.63) is 33.3 Å². The summed E-state index contributed by atoms with van der Waals surface area (Å²) < 4.78 is 58.6. The molecule has 28 heavy (non-hydrogen) atoms. The third-order valence-electron chi connectivity index (χ3n) is 4.11. The van der Waals surface area contributed by atoms with Crippen molar-refractivity contribution in [1.82, 2.24) is 20.4 Å². The van der Waals surface area contributed by atoms with Crippen LogP contribution in [0.2, 0.25) is 0 Å². The highest BCUT2D eigenvalue weighted by Crippen LogP contribution is 2.38. The third-order valence-corrected chi connectivity index (χ3v) is 6.11. The lowest BCUT2D eigenvalue weighted by atomic mass is 10.1. The summed E-state index contributed by atoms with van der Waals surface area (Å²) in [7, 11) is 0. The molecule has 0 bridgehead atoms. The van der Waals surface area contributed by atoms with Crippen molar-refractivity contribution in [3.63, 3.8) is 0 Å². The van der Waals surface area contributed by atoms with Gasteiger partial charge in [0.25, 0.3) is 0 Å². The molecule has 4 nitrogen and oxygen atoms in total. The van der Waals surface area contributed by atoms with Crippen LogP contribution in [0.5, 0.6) is 0 Å². The average Bonchev–Trinajstić information content (AvgIpc) is 3.33. The number of hydrogen-bond donors (Lipinski definition) is 0. The number of benzene rings is 1. The standard InChI is InChI=1S/C18H18F4N4S2/c1-3-5-7-9-23-25-17(27-9)11-13(19)15(21)12(16(22)14(11)20)18-26-24-10(28-18)8-6-4-2/h3-8H2,1-2H3. The number of halogens is 4. The molecule has 3 rings (SSSR count). The normalized spacial score (nSPS) is 11.4. The summed E-state index contributed by atoms with van der Waals surface area (Å²) in [5, 5.41) is 15.9. The minimum absolute atomic E-state index is 0.189. The van der Waals surface area contributed by atoms with E-state index in [-0.39, 0.29) is 10.0 Å². The van der Waals surface area contributed by atoms with Crippen LogP contribution < -0.4 is 0 Å². The largest absolute Gasteiger partial charge is 0.203 e. The summed E-state index contributed by atoms with van der Waals surface area (Å²) in [6.45, 7) is 3.98. The molecule has 0 aliphatic heterocycles. The smallest absolute Gasteiger partial charge is 0.173 e. The second kappa shape index (κ2) is 9.04. The lowest BCUT2D eigenvalue weighted by Crippen LogP contribution is -2.03. The van der Waals surface area contributed by atoms with Gasteiger partial charge >= 0.3 is 0 Å². The van der Waals surface area contributed by atoms with Crippen LogP contribution >= 0.6 is 22.7 Å². The average molecular weight is 430 g/mol. The Kier molecular flexibility index (Phi) is 6.71. The molecule has 2 aromatic heterocycles. The molecule has 150 valence electrons. The first-order valence-electron chi connectivity index (χ1n) is 8.99. The Morgan fingerprint density at radius 2 is 0.964 bits per heavy atom.